The third kappa shape index (κ3) is 3.37. The molecule has 0 spiro atoms. The number of likely N-dealkylation sites (tertiary alicyclic amines) is 2. The van der Waals surface area contributed by atoms with Crippen LogP contribution < -0.4 is 0 Å². The minimum atomic E-state index is -4.56. The largest absolute Gasteiger partial charge is 0.470 e. The molecule has 3 aliphatic heterocycles. The number of carbonyl (C=O) groups excluding carboxylic acids is 1. The Kier molecular flexibility index (Phi) is 4.73. The van der Waals surface area contributed by atoms with E-state index in [2.05, 4.69) is 4.99 Å². The highest BCUT2D eigenvalue weighted by Crippen LogP contribution is 2.30. The molecule has 1 amide bonds. The maximum absolute atomic E-state index is 12.9. The fraction of sp³-hybridized carbons (Fsp3) is 0.750. The predicted molar refractivity (Wildman–Crippen MR) is 82.3 cm³/mol. The van der Waals surface area contributed by atoms with Gasteiger partial charge in [0.15, 0.2) is 0 Å². The molecule has 8 heteroatoms. The van der Waals surface area contributed by atoms with Gasteiger partial charge in [0.05, 0.1) is 0 Å². The number of halogens is 3. The lowest BCUT2D eigenvalue weighted by Crippen LogP contribution is -2.45. The lowest BCUT2D eigenvalue weighted by Gasteiger charge is -2.39. The highest BCUT2D eigenvalue weighted by atomic mass is 19.4. The zero-order chi connectivity index (χ0) is 17.3. The number of amides is 1. The van der Waals surface area contributed by atoms with Gasteiger partial charge >= 0.3 is 6.18 Å². The van der Waals surface area contributed by atoms with E-state index in [1.165, 1.54) is 0 Å². The lowest BCUT2D eigenvalue weighted by atomic mass is 10.0. The number of ether oxygens (including phenoxy) is 1. The first-order valence-corrected chi connectivity index (χ1v) is 8.45. The second kappa shape index (κ2) is 6.64. The third-order valence-corrected chi connectivity index (χ3v) is 4.89. The van der Waals surface area contributed by atoms with E-state index in [9.17, 15) is 18.0 Å². The topological polar surface area (TPSA) is 45.1 Å². The number of piperidine rings is 1. The van der Waals surface area contributed by atoms with Crippen molar-refractivity contribution in [1.82, 2.24) is 9.80 Å². The average Bonchev–Trinajstić information content (AvgIpc) is 2.99. The highest BCUT2D eigenvalue weighted by Gasteiger charge is 2.41. The quantitative estimate of drug-likeness (QED) is 0.790. The molecule has 0 unspecified atom stereocenters. The molecule has 3 rings (SSSR count). The van der Waals surface area contributed by atoms with Gasteiger partial charge in [0, 0.05) is 37.7 Å². The van der Waals surface area contributed by atoms with Crippen LogP contribution in [0.2, 0.25) is 0 Å². The van der Waals surface area contributed by atoms with Crippen molar-refractivity contribution in [1.29, 1.82) is 0 Å². The molecule has 0 radical (unpaired) electrons. The second-order valence-corrected chi connectivity index (χ2v) is 6.39. The van der Waals surface area contributed by atoms with Crippen molar-refractivity contribution in [2.45, 2.75) is 51.2 Å². The van der Waals surface area contributed by atoms with Gasteiger partial charge in [-0.25, -0.2) is 0 Å². The first-order chi connectivity index (χ1) is 11.4. The van der Waals surface area contributed by atoms with Gasteiger partial charge < -0.3 is 14.5 Å². The summed E-state index contributed by atoms with van der Waals surface area (Å²) in [5, 5.41) is 0. The maximum atomic E-state index is 12.9. The van der Waals surface area contributed by atoms with Crippen LogP contribution in [0, 0.1) is 0 Å². The Morgan fingerprint density at radius 1 is 1.25 bits per heavy atom. The van der Waals surface area contributed by atoms with Crippen molar-refractivity contribution in [3.05, 3.63) is 11.4 Å². The average molecular weight is 345 g/mol. The SMILES string of the molecule is CCC1=C(N2CCC(N3CCCC3=O)CC2)N=C(C(F)(F)F)OC1. The van der Waals surface area contributed by atoms with E-state index in [0.717, 1.165) is 31.4 Å². The van der Waals surface area contributed by atoms with Crippen LogP contribution >= 0.6 is 0 Å². The molecule has 0 bridgehead atoms. The van der Waals surface area contributed by atoms with Gasteiger partial charge in [-0.2, -0.15) is 18.2 Å². The fourth-order valence-corrected chi connectivity index (χ4v) is 3.57. The third-order valence-electron chi connectivity index (χ3n) is 4.89. The zero-order valence-electron chi connectivity index (χ0n) is 13.7. The molecule has 24 heavy (non-hydrogen) atoms. The summed E-state index contributed by atoms with van der Waals surface area (Å²) in [6, 6.07) is 0.202. The van der Waals surface area contributed by atoms with Crippen LogP contribution in [0.5, 0.6) is 0 Å². The molecule has 0 saturated carbocycles. The number of rotatable bonds is 3. The van der Waals surface area contributed by atoms with Gasteiger partial charge in [-0.15, -0.1) is 0 Å². The molecular formula is C16H22F3N3O2. The molecule has 2 saturated heterocycles. The van der Waals surface area contributed by atoms with Crippen molar-refractivity contribution < 1.29 is 22.7 Å². The normalized spacial score (nSPS) is 23.7. The number of alkyl halides is 3. The first kappa shape index (κ1) is 17.1. The summed E-state index contributed by atoms with van der Waals surface area (Å²) in [6.45, 7) is 3.86. The van der Waals surface area contributed by atoms with Crippen molar-refractivity contribution in [3.63, 3.8) is 0 Å². The molecule has 134 valence electrons. The number of carbonyl (C=O) groups is 1. The Morgan fingerprint density at radius 3 is 2.50 bits per heavy atom. The molecule has 0 aliphatic carbocycles. The van der Waals surface area contributed by atoms with E-state index in [0.29, 0.717) is 31.8 Å². The summed E-state index contributed by atoms with van der Waals surface area (Å²) >= 11 is 0. The summed E-state index contributed by atoms with van der Waals surface area (Å²) in [5.41, 5.74) is 0.790. The Balaban J connectivity index is 1.71. The van der Waals surface area contributed by atoms with Gasteiger partial charge in [0.25, 0.3) is 5.90 Å². The minimum Gasteiger partial charge on any atom is -0.470 e. The van der Waals surface area contributed by atoms with Gasteiger partial charge in [-0.3, -0.25) is 4.79 Å². The summed E-state index contributed by atoms with van der Waals surface area (Å²) in [7, 11) is 0. The Bertz CT molecular complexity index is 563. The van der Waals surface area contributed by atoms with Gasteiger partial charge in [0.1, 0.15) is 12.4 Å². The van der Waals surface area contributed by atoms with Crippen LogP contribution in [0.3, 0.4) is 0 Å². The molecule has 0 N–H and O–H groups in total. The monoisotopic (exact) mass is 345 g/mol. The number of nitrogens with zero attached hydrogens (tertiary/aromatic N) is 3. The smallest absolute Gasteiger partial charge is 0.468 e. The molecule has 0 aromatic heterocycles. The summed E-state index contributed by atoms with van der Waals surface area (Å²) in [5.74, 6) is -0.556. The summed E-state index contributed by atoms with van der Waals surface area (Å²) < 4.78 is 43.4. The van der Waals surface area contributed by atoms with E-state index < -0.39 is 12.1 Å². The van der Waals surface area contributed by atoms with Crippen LogP contribution in [0.1, 0.15) is 39.0 Å². The first-order valence-electron chi connectivity index (χ1n) is 8.45. The van der Waals surface area contributed by atoms with Crippen LogP contribution in [0.15, 0.2) is 16.4 Å². The molecule has 3 aliphatic rings. The Hall–Kier alpha value is -1.73. The molecule has 5 nitrogen and oxygen atoms in total. The van der Waals surface area contributed by atoms with Crippen molar-refractivity contribution in [3.8, 4) is 0 Å². The van der Waals surface area contributed by atoms with Crippen molar-refractivity contribution in [2.24, 2.45) is 4.99 Å². The van der Waals surface area contributed by atoms with E-state index in [1.807, 2.05) is 16.7 Å². The minimum absolute atomic E-state index is 0.0608. The second-order valence-electron chi connectivity index (χ2n) is 6.39. The Labute approximate surface area is 139 Å². The van der Waals surface area contributed by atoms with E-state index in [4.69, 9.17) is 4.74 Å². The molecule has 0 aromatic rings. The number of hydrogen-bond donors (Lipinski definition) is 0. The maximum Gasteiger partial charge on any atom is 0.468 e. The highest BCUT2D eigenvalue weighted by molar-refractivity contribution is 5.83. The van der Waals surface area contributed by atoms with Crippen LogP contribution in [0.25, 0.3) is 0 Å². The Morgan fingerprint density at radius 2 is 1.96 bits per heavy atom. The fourth-order valence-electron chi connectivity index (χ4n) is 3.57. The predicted octanol–water partition coefficient (Wildman–Crippen LogP) is 2.69. The molecule has 0 atom stereocenters. The van der Waals surface area contributed by atoms with E-state index in [1.54, 1.807) is 0 Å². The zero-order valence-corrected chi connectivity index (χ0v) is 13.7. The van der Waals surface area contributed by atoms with Crippen LogP contribution in [-0.4, -0.2) is 60.1 Å². The van der Waals surface area contributed by atoms with E-state index >= 15 is 0 Å². The lowest BCUT2D eigenvalue weighted by molar-refractivity contribution is -0.130. The number of aliphatic imine (C=N–C) groups is 1. The molecule has 3 heterocycles. The summed E-state index contributed by atoms with van der Waals surface area (Å²) in [6.07, 6.45) is -0.907. The van der Waals surface area contributed by atoms with Gasteiger partial charge in [0.2, 0.25) is 5.91 Å². The van der Waals surface area contributed by atoms with Gasteiger partial charge in [-0.1, -0.05) is 6.92 Å². The van der Waals surface area contributed by atoms with Crippen LogP contribution in [-0.2, 0) is 9.53 Å². The van der Waals surface area contributed by atoms with Crippen LogP contribution in [0.4, 0.5) is 13.2 Å². The van der Waals surface area contributed by atoms with Gasteiger partial charge in [-0.05, 0) is 25.7 Å². The summed E-state index contributed by atoms with van der Waals surface area (Å²) in [4.78, 5) is 19.4. The molecular weight excluding hydrogens is 323 g/mol. The van der Waals surface area contributed by atoms with Crippen molar-refractivity contribution in [2.75, 3.05) is 26.2 Å². The molecule has 0 aromatic carbocycles. The standard InChI is InChI=1S/C16H22F3N3O2/c1-2-11-10-24-15(16(17,18)19)20-14(11)21-8-5-12(6-9-21)22-7-3-4-13(22)23/h12H,2-10H2,1H3. The van der Waals surface area contributed by atoms with E-state index in [-0.39, 0.29) is 18.6 Å². The molecule has 2 fully saturated rings. The van der Waals surface area contributed by atoms with Crippen molar-refractivity contribution >= 4 is 11.8 Å². The number of hydrogen-bond acceptors (Lipinski definition) is 4.